The Labute approximate surface area is 110 Å². The summed E-state index contributed by atoms with van der Waals surface area (Å²) < 4.78 is 2.01. The maximum atomic E-state index is 4.44. The smallest absolute Gasteiger partial charge is 0.0597 e. The average molecular weight is 250 g/mol. The molecule has 1 aromatic rings. The van der Waals surface area contributed by atoms with Gasteiger partial charge >= 0.3 is 0 Å². The number of rotatable bonds is 3. The largest absolute Gasteiger partial charge is 0.311 e. The molecule has 2 unspecified atom stereocenters. The Morgan fingerprint density at radius 3 is 2.83 bits per heavy atom. The minimum absolute atomic E-state index is 0.255. The molecule has 1 aromatic heterocycles. The van der Waals surface area contributed by atoms with Gasteiger partial charge in [0, 0.05) is 38.3 Å². The molecule has 2 heterocycles. The van der Waals surface area contributed by atoms with Crippen molar-refractivity contribution in [2.24, 2.45) is 7.05 Å². The van der Waals surface area contributed by atoms with Gasteiger partial charge in [-0.3, -0.25) is 9.58 Å². The lowest BCUT2D eigenvalue weighted by molar-refractivity contribution is 0.0432. The first-order valence-corrected chi connectivity index (χ1v) is 6.92. The molecule has 2 rings (SSSR count). The van der Waals surface area contributed by atoms with Crippen LogP contribution in [0.1, 0.15) is 38.6 Å². The molecule has 4 nitrogen and oxygen atoms in total. The molecule has 102 valence electrons. The van der Waals surface area contributed by atoms with E-state index in [0.29, 0.717) is 6.04 Å². The predicted molar refractivity (Wildman–Crippen MR) is 74.5 cm³/mol. The lowest BCUT2D eigenvalue weighted by Gasteiger charge is -2.47. The van der Waals surface area contributed by atoms with Crippen molar-refractivity contribution in [2.75, 3.05) is 13.1 Å². The molecule has 1 N–H and O–H groups in total. The van der Waals surface area contributed by atoms with Crippen LogP contribution >= 0.6 is 0 Å². The Hall–Kier alpha value is -0.870. The first-order valence-electron chi connectivity index (χ1n) is 6.92. The number of piperazine rings is 1. The van der Waals surface area contributed by atoms with Crippen molar-refractivity contribution in [3.63, 3.8) is 0 Å². The average Bonchev–Trinajstić information content (AvgIpc) is 2.63. The Kier molecular flexibility index (Phi) is 3.78. The van der Waals surface area contributed by atoms with Gasteiger partial charge in [-0.2, -0.15) is 5.10 Å². The van der Waals surface area contributed by atoms with Crippen LogP contribution in [0.25, 0.3) is 0 Å². The second-order valence-corrected chi connectivity index (χ2v) is 5.91. The lowest BCUT2D eigenvalue weighted by atomic mass is 9.92. The van der Waals surface area contributed by atoms with Crippen LogP contribution in [-0.2, 0) is 13.6 Å². The minimum Gasteiger partial charge on any atom is -0.311 e. The number of hydrogen-bond acceptors (Lipinski definition) is 3. The normalized spacial score (nSPS) is 29.7. The SMILES string of the molecule is CCC1(C)CNC(C)CN1Cc1cc(C)nn1C. The van der Waals surface area contributed by atoms with Crippen LogP contribution in [0.3, 0.4) is 0 Å². The van der Waals surface area contributed by atoms with E-state index in [1.54, 1.807) is 0 Å². The van der Waals surface area contributed by atoms with E-state index in [-0.39, 0.29) is 5.54 Å². The second-order valence-electron chi connectivity index (χ2n) is 5.91. The molecule has 18 heavy (non-hydrogen) atoms. The molecular weight excluding hydrogens is 224 g/mol. The zero-order valence-electron chi connectivity index (χ0n) is 12.3. The molecule has 2 atom stereocenters. The van der Waals surface area contributed by atoms with Gasteiger partial charge in [-0.15, -0.1) is 0 Å². The molecule has 0 amide bonds. The Bertz CT molecular complexity index is 412. The van der Waals surface area contributed by atoms with Crippen LogP contribution in [0.2, 0.25) is 0 Å². The molecule has 0 spiro atoms. The zero-order valence-corrected chi connectivity index (χ0v) is 12.3. The van der Waals surface area contributed by atoms with Gasteiger partial charge in [-0.25, -0.2) is 0 Å². The Morgan fingerprint density at radius 2 is 2.28 bits per heavy atom. The van der Waals surface area contributed by atoms with Gasteiger partial charge < -0.3 is 5.32 Å². The van der Waals surface area contributed by atoms with Crippen LogP contribution in [0, 0.1) is 6.92 Å². The number of aryl methyl sites for hydroxylation is 2. The van der Waals surface area contributed by atoms with Gasteiger partial charge in [0.2, 0.25) is 0 Å². The van der Waals surface area contributed by atoms with Crippen LogP contribution < -0.4 is 5.32 Å². The van der Waals surface area contributed by atoms with E-state index < -0.39 is 0 Å². The highest BCUT2D eigenvalue weighted by atomic mass is 15.3. The Balaban J connectivity index is 2.16. The van der Waals surface area contributed by atoms with Crippen molar-refractivity contribution >= 4 is 0 Å². The van der Waals surface area contributed by atoms with Gasteiger partial charge in [-0.1, -0.05) is 6.92 Å². The summed E-state index contributed by atoms with van der Waals surface area (Å²) in [5, 5.41) is 8.04. The van der Waals surface area contributed by atoms with E-state index in [1.165, 1.54) is 12.1 Å². The van der Waals surface area contributed by atoms with Crippen LogP contribution in [0.4, 0.5) is 0 Å². The van der Waals surface area contributed by atoms with Crippen molar-refractivity contribution in [3.05, 3.63) is 17.5 Å². The summed E-state index contributed by atoms with van der Waals surface area (Å²) in [6.07, 6.45) is 1.17. The summed E-state index contributed by atoms with van der Waals surface area (Å²) in [7, 11) is 2.04. The highest BCUT2D eigenvalue weighted by molar-refractivity contribution is 5.10. The monoisotopic (exact) mass is 250 g/mol. The van der Waals surface area contributed by atoms with Crippen molar-refractivity contribution in [1.29, 1.82) is 0 Å². The Morgan fingerprint density at radius 1 is 1.56 bits per heavy atom. The fourth-order valence-electron chi connectivity index (χ4n) is 2.73. The molecular formula is C14H26N4. The molecule has 4 heteroatoms. The first-order chi connectivity index (χ1) is 8.44. The number of hydrogen-bond donors (Lipinski definition) is 1. The zero-order chi connectivity index (χ0) is 13.3. The van der Waals surface area contributed by atoms with Gasteiger partial charge in [-0.05, 0) is 33.3 Å². The molecule has 0 aromatic carbocycles. The molecule has 0 aliphatic carbocycles. The predicted octanol–water partition coefficient (Wildman–Crippen LogP) is 1.69. The standard InChI is InChI=1S/C14H26N4/c1-6-14(4)10-15-12(3)8-18(14)9-13-7-11(2)16-17(13)5/h7,12,15H,6,8-10H2,1-5H3. The van der Waals surface area contributed by atoms with E-state index in [2.05, 4.69) is 49.1 Å². The first kappa shape index (κ1) is 13.6. The molecule has 1 aliphatic rings. The van der Waals surface area contributed by atoms with E-state index in [1.807, 2.05) is 11.7 Å². The van der Waals surface area contributed by atoms with Gasteiger partial charge in [0.25, 0.3) is 0 Å². The summed E-state index contributed by atoms with van der Waals surface area (Å²) in [6.45, 7) is 12.1. The van der Waals surface area contributed by atoms with Crippen molar-refractivity contribution in [2.45, 2.75) is 52.2 Å². The number of nitrogens with one attached hydrogen (secondary N) is 1. The topological polar surface area (TPSA) is 33.1 Å². The minimum atomic E-state index is 0.255. The van der Waals surface area contributed by atoms with Crippen LogP contribution in [0.5, 0.6) is 0 Å². The van der Waals surface area contributed by atoms with Crippen LogP contribution in [-0.4, -0.2) is 39.4 Å². The summed E-state index contributed by atoms with van der Waals surface area (Å²) in [5.74, 6) is 0. The third kappa shape index (κ3) is 2.59. The maximum absolute atomic E-state index is 4.44. The summed E-state index contributed by atoms with van der Waals surface area (Å²) >= 11 is 0. The van der Waals surface area contributed by atoms with E-state index >= 15 is 0 Å². The molecule has 0 bridgehead atoms. The molecule has 0 radical (unpaired) electrons. The fourth-order valence-corrected chi connectivity index (χ4v) is 2.73. The number of nitrogens with zero attached hydrogens (tertiary/aromatic N) is 3. The molecule has 0 saturated carbocycles. The fraction of sp³-hybridized carbons (Fsp3) is 0.786. The van der Waals surface area contributed by atoms with Gasteiger partial charge in [0.05, 0.1) is 11.4 Å². The van der Waals surface area contributed by atoms with E-state index in [4.69, 9.17) is 0 Å². The second kappa shape index (κ2) is 5.02. The quantitative estimate of drug-likeness (QED) is 0.886. The highest BCUT2D eigenvalue weighted by Crippen LogP contribution is 2.25. The third-order valence-electron chi connectivity index (χ3n) is 4.30. The van der Waals surface area contributed by atoms with E-state index in [9.17, 15) is 0 Å². The van der Waals surface area contributed by atoms with Crippen LogP contribution in [0.15, 0.2) is 6.07 Å². The van der Waals surface area contributed by atoms with Gasteiger partial charge in [0.15, 0.2) is 0 Å². The summed E-state index contributed by atoms with van der Waals surface area (Å²) in [6, 6.07) is 2.77. The highest BCUT2D eigenvalue weighted by Gasteiger charge is 2.35. The summed E-state index contributed by atoms with van der Waals surface area (Å²) in [4.78, 5) is 2.60. The molecule has 1 aliphatic heterocycles. The molecule has 1 fully saturated rings. The van der Waals surface area contributed by atoms with E-state index in [0.717, 1.165) is 25.3 Å². The third-order valence-corrected chi connectivity index (χ3v) is 4.30. The van der Waals surface area contributed by atoms with Crippen molar-refractivity contribution < 1.29 is 0 Å². The lowest BCUT2D eigenvalue weighted by Crippen LogP contribution is -2.61. The maximum Gasteiger partial charge on any atom is 0.0597 e. The summed E-state index contributed by atoms with van der Waals surface area (Å²) in [5.41, 5.74) is 2.67. The number of aromatic nitrogens is 2. The van der Waals surface area contributed by atoms with Crippen molar-refractivity contribution in [3.8, 4) is 0 Å². The van der Waals surface area contributed by atoms with Crippen molar-refractivity contribution in [1.82, 2.24) is 20.0 Å². The molecule has 1 saturated heterocycles. The van der Waals surface area contributed by atoms with Gasteiger partial charge in [0.1, 0.15) is 0 Å².